The van der Waals surface area contributed by atoms with Gasteiger partial charge in [-0.15, -0.1) is 0 Å². The second-order valence-corrected chi connectivity index (χ2v) is 8.66. The highest BCUT2D eigenvalue weighted by molar-refractivity contribution is 5.58. The number of non-ortho nitro benzene ring substituents is 1. The molecule has 2 aromatic carbocycles. The minimum Gasteiger partial charge on any atom is -0.338 e. The Kier molecular flexibility index (Phi) is 5.96. The Bertz CT molecular complexity index is 1070. The van der Waals surface area contributed by atoms with E-state index in [9.17, 15) is 10.1 Å². The molecule has 2 aliphatic rings. The van der Waals surface area contributed by atoms with Crippen LogP contribution in [0.5, 0.6) is 0 Å². The third kappa shape index (κ3) is 4.42. The van der Waals surface area contributed by atoms with Crippen LogP contribution in [0.3, 0.4) is 0 Å². The Hall–Kier alpha value is -3.10. The average Bonchev–Trinajstić information content (AvgIpc) is 3.56. The number of nitrogens with zero attached hydrogens (tertiary/aromatic N) is 5. The standard InChI is InChI=1S/C24H27N5O3/c30-29(31)20-10-4-9-19(15-20)24-25-23(32-26-24)17-28-14-6-12-22(28)21-11-5-13-27(21)16-18-7-2-1-3-8-18/h1-4,7-10,15,21-22H,5-6,11-14,16-17H2/t21-,22+/m1/s1. The molecule has 0 radical (unpaired) electrons. The smallest absolute Gasteiger partial charge is 0.270 e. The molecule has 0 saturated carbocycles. The first kappa shape index (κ1) is 20.8. The van der Waals surface area contributed by atoms with Gasteiger partial charge in [-0.05, 0) is 44.3 Å². The molecule has 0 spiro atoms. The van der Waals surface area contributed by atoms with Gasteiger partial charge in [-0.3, -0.25) is 19.9 Å². The fourth-order valence-electron chi connectivity index (χ4n) is 5.15. The van der Waals surface area contributed by atoms with Gasteiger partial charge in [0, 0.05) is 36.3 Å². The average molecular weight is 434 g/mol. The van der Waals surface area contributed by atoms with Crippen molar-refractivity contribution in [2.75, 3.05) is 13.1 Å². The number of hydrogen-bond acceptors (Lipinski definition) is 7. The van der Waals surface area contributed by atoms with Gasteiger partial charge in [0.2, 0.25) is 11.7 Å². The number of nitro benzene ring substituents is 1. The summed E-state index contributed by atoms with van der Waals surface area (Å²) in [4.78, 5) is 20.3. The van der Waals surface area contributed by atoms with Gasteiger partial charge in [0.25, 0.3) is 5.69 Å². The highest BCUT2D eigenvalue weighted by Gasteiger charge is 2.38. The van der Waals surface area contributed by atoms with Crippen molar-refractivity contribution in [1.82, 2.24) is 19.9 Å². The van der Waals surface area contributed by atoms with Crippen LogP contribution in [0.1, 0.15) is 37.1 Å². The van der Waals surface area contributed by atoms with Gasteiger partial charge in [0.05, 0.1) is 11.5 Å². The van der Waals surface area contributed by atoms with Crippen LogP contribution in [0, 0.1) is 10.1 Å². The summed E-state index contributed by atoms with van der Waals surface area (Å²) in [5.41, 5.74) is 1.98. The molecule has 2 aliphatic heterocycles. The Balaban J connectivity index is 1.27. The maximum Gasteiger partial charge on any atom is 0.270 e. The fourth-order valence-corrected chi connectivity index (χ4v) is 5.15. The molecule has 0 bridgehead atoms. The number of nitro groups is 1. The minimum atomic E-state index is -0.415. The van der Waals surface area contributed by atoms with Crippen LogP contribution in [0.2, 0.25) is 0 Å². The van der Waals surface area contributed by atoms with Crippen LogP contribution in [0.15, 0.2) is 59.1 Å². The largest absolute Gasteiger partial charge is 0.338 e. The molecule has 1 aromatic heterocycles. The zero-order chi connectivity index (χ0) is 21.9. The first-order valence-corrected chi connectivity index (χ1v) is 11.3. The van der Waals surface area contributed by atoms with Crippen molar-refractivity contribution in [2.24, 2.45) is 0 Å². The Morgan fingerprint density at radius 2 is 1.69 bits per heavy atom. The van der Waals surface area contributed by atoms with Crippen LogP contribution < -0.4 is 0 Å². The van der Waals surface area contributed by atoms with Crippen molar-refractivity contribution < 1.29 is 9.45 Å². The zero-order valence-corrected chi connectivity index (χ0v) is 18.0. The first-order chi connectivity index (χ1) is 15.7. The van der Waals surface area contributed by atoms with E-state index in [1.807, 2.05) is 0 Å². The lowest BCUT2D eigenvalue weighted by Gasteiger charge is -2.34. The summed E-state index contributed by atoms with van der Waals surface area (Å²) in [6.07, 6.45) is 4.81. The second kappa shape index (κ2) is 9.18. The van der Waals surface area contributed by atoms with Crippen LogP contribution in [-0.2, 0) is 13.1 Å². The maximum absolute atomic E-state index is 11.1. The van der Waals surface area contributed by atoms with Gasteiger partial charge in [0.1, 0.15) is 0 Å². The number of rotatable bonds is 7. The quantitative estimate of drug-likeness (QED) is 0.406. The predicted molar refractivity (Wildman–Crippen MR) is 120 cm³/mol. The molecule has 0 aliphatic carbocycles. The minimum absolute atomic E-state index is 0.0215. The fraction of sp³-hybridized carbons (Fsp3) is 0.417. The summed E-state index contributed by atoms with van der Waals surface area (Å²) in [5.74, 6) is 0.956. The number of likely N-dealkylation sites (tertiary alicyclic amines) is 2. The van der Waals surface area contributed by atoms with E-state index in [1.165, 1.54) is 43.4 Å². The predicted octanol–water partition coefficient (Wildman–Crippen LogP) is 4.27. The van der Waals surface area contributed by atoms with E-state index in [2.05, 4.69) is 50.3 Å². The summed E-state index contributed by atoms with van der Waals surface area (Å²) < 4.78 is 5.53. The number of hydrogen-bond donors (Lipinski definition) is 0. The van der Waals surface area contributed by atoms with Crippen LogP contribution in [0.25, 0.3) is 11.4 Å². The summed E-state index contributed by atoms with van der Waals surface area (Å²) in [6.45, 7) is 3.77. The lowest BCUT2D eigenvalue weighted by Crippen LogP contribution is -2.45. The van der Waals surface area contributed by atoms with Gasteiger partial charge >= 0.3 is 0 Å². The van der Waals surface area contributed by atoms with Crippen LogP contribution >= 0.6 is 0 Å². The van der Waals surface area contributed by atoms with Gasteiger partial charge in [-0.2, -0.15) is 4.98 Å². The SMILES string of the molecule is O=[N+]([O-])c1cccc(-c2noc(CN3CCC[C@H]3[C@H]3CCCN3Cc3ccccc3)n2)c1. The molecule has 8 nitrogen and oxygen atoms in total. The van der Waals surface area contributed by atoms with E-state index < -0.39 is 4.92 Å². The molecule has 2 fully saturated rings. The van der Waals surface area contributed by atoms with Crippen molar-refractivity contribution in [3.63, 3.8) is 0 Å². The Labute approximate surface area is 187 Å². The van der Waals surface area contributed by atoms with Gasteiger partial charge in [-0.25, -0.2) is 0 Å². The van der Waals surface area contributed by atoms with Crippen LogP contribution in [-0.4, -0.2) is 50.0 Å². The van der Waals surface area contributed by atoms with Crippen molar-refractivity contribution in [1.29, 1.82) is 0 Å². The number of aromatic nitrogens is 2. The lowest BCUT2D eigenvalue weighted by molar-refractivity contribution is -0.384. The Morgan fingerprint density at radius 1 is 0.969 bits per heavy atom. The highest BCUT2D eigenvalue weighted by Crippen LogP contribution is 2.32. The van der Waals surface area contributed by atoms with Crippen molar-refractivity contribution in [3.05, 3.63) is 76.2 Å². The van der Waals surface area contributed by atoms with Gasteiger partial charge < -0.3 is 4.52 Å². The van der Waals surface area contributed by atoms with Gasteiger partial charge in [-0.1, -0.05) is 47.6 Å². The van der Waals surface area contributed by atoms with E-state index in [-0.39, 0.29) is 5.69 Å². The maximum atomic E-state index is 11.1. The van der Waals surface area contributed by atoms with Crippen molar-refractivity contribution in [2.45, 2.75) is 50.9 Å². The van der Waals surface area contributed by atoms with Gasteiger partial charge in [0.15, 0.2) is 0 Å². The molecular formula is C24H27N5O3. The molecule has 0 unspecified atom stereocenters. The molecule has 8 heteroatoms. The molecule has 0 N–H and O–H groups in total. The summed E-state index contributed by atoms with van der Waals surface area (Å²) >= 11 is 0. The van der Waals surface area contributed by atoms with E-state index >= 15 is 0 Å². The summed E-state index contributed by atoms with van der Waals surface area (Å²) in [7, 11) is 0. The van der Waals surface area contributed by atoms with Crippen molar-refractivity contribution in [3.8, 4) is 11.4 Å². The third-order valence-corrected chi connectivity index (χ3v) is 6.62. The lowest BCUT2D eigenvalue weighted by atomic mass is 10.0. The summed E-state index contributed by atoms with van der Waals surface area (Å²) in [5, 5.41) is 15.1. The van der Waals surface area contributed by atoms with E-state index in [0.29, 0.717) is 35.9 Å². The highest BCUT2D eigenvalue weighted by atomic mass is 16.6. The second-order valence-electron chi connectivity index (χ2n) is 8.66. The Morgan fingerprint density at radius 3 is 2.41 bits per heavy atom. The van der Waals surface area contributed by atoms with E-state index in [1.54, 1.807) is 12.1 Å². The molecular weight excluding hydrogens is 406 g/mol. The molecule has 3 heterocycles. The molecule has 0 amide bonds. The molecule has 3 aromatic rings. The van der Waals surface area contributed by atoms with E-state index in [0.717, 1.165) is 19.6 Å². The molecule has 2 saturated heterocycles. The third-order valence-electron chi connectivity index (χ3n) is 6.62. The molecule has 2 atom stereocenters. The molecule has 32 heavy (non-hydrogen) atoms. The normalized spacial score (nSPS) is 21.9. The molecule has 166 valence electrons. The van der Waals surface area contributed by atoms with E-state index in [4.69, 9.17) is 4.52 Å². The zero-order valence-electron chi connectivity index (χ0n) is 18.0. The molecule has 5 rings (SSSR count). The monoisotopic (exact) mass is 433 g/mol. The number of benzene rings is 2. The summed E-state index contributed by atoms with van der Waals surface area (Å²) in [6, 6.07) is 18.1. The topological polar surface area (TPSA) is 88.5 Å². The van der Waals surface area contributed by atoms with Crippen LogP contribution in [0.4, 0.5) is 5.69 Å². The van der Waals surface area contributed by atoms with Crippen molar-refractivity contribution >= 4 is 5.69 Å². The first-order valence-electron chi connectivity index (χ1n) is 11.3.